The number of aryl methyl sites for hydroxylation is 1. The van der Waals surface area contributed by atoms with Crippen LogP contribution in [-0.4, -0.2) is 67.4 Å². The van der Waals surface area contributed by atoms with Crippen molar-refractivity contribution in [1.82, 2.24) is 14.7 Å². The van der Waals surface area contributed by atoms with Crippen molar-refractivity contribution in [1.29, 1.82) is 0 Å². The van der Waals surface area contributed by atoms with E-state index in [1.165, 1.54) is 5.56 Å². The van der Waals surface area contributed by atoms with Gasteiger partial charge >= 0.3 is 0 Å². The molecule has 1 aromatic heterocycles. The van der Waals surface area contributed by atoms with Gasteiger partial charge in [0.05, 0.1) is 31.6 Å². The smallest absolute Gasteiger partial charge is 0.162 e. The molecule has 0 bridgehead atoms. The summed E-state index contributed by atoms with van der Waals surface area (Å²) < 4.78 is 24.4. The zero-order valence-corrected chi connectivity index (χ0v) is 15.3. The lowest BCUT2D eigenvalue weighted by Crippen LogP contribution is -2.38. The Morgan fingerprint density at radius 1 is 1.15 bits per heavy atom. The van der Waals surface area contributed by atoms with Crippen molar-refractivity contribution in [3.63, 3.8) is 0 Å². The highest BCUT2D eigenvalue weighted by Crippen LogP contribution is 2.35. The molecule has 7 heteroatoms. The van der Waals surface area contributed by atoms with Gasteiger partial charge in [-0.25, -0.2) is 0 Å². The van der Waals surface area contributed by atoms with Gasteiger partial charge in [-0.15, -0.1) is 0 Å². The van der Waals surface area contributed by atoms with Gasteiger partial charge in [-0.2, -0.15) is 5.10 Å². The van der Waals surface area contributed by atoms with E-state index in [-0.39, 0.29) is 6.10 Å². The fourth-order valence-electron chi connectivity index (χ4n) is 3.43. The highest BCUT2D eigenvalue weighted by Gasteiger charge is 2.20. The molecule has 1 fully saturated rings. The third-order valence-electron chi connectivity index (χ3n) is 4.56. The van der Waals surface area contributed by atoms with Crippen LogP contribution in [0.1, 0.15) is 5.56 Å². The first kappa shape index (κ1) is 17.3. The monoisotopic (exact) mass is 359 g/mol. The maximum atomic E-state index is 5.75. The molecule has 140 valence electrons. The molecular weight excluding hydrogens is 334 g/mol. The standard InChI is InChI=1S/C19H25N3O4/c1-21(12-16-13-23-5-6-24-16)10-15-11-22(2)20-19(15)14-3-4-17-18(9-14)26-8-7-25-17/h3-4,9,11,16H,5-8,10,12-13H2,1-2H3/t16-/m0/s1. The largest absolute Gasteiger partial charge is 0.486 e. The van der Waals surface area contributed by atoms with E-state index in [9.17, 15) is 0 Å². The zero-order valence-electron chi connectivity index (χ0n) is 15.3. The molecule has 4 rings (SSSR count). The predicted molar refractivity (Wildman–Crippen MR) is 96.5 cm³/mol. The van der Waals surface area contributed by atoms with Crippen molar-refractivity contribution in [2.45, 2.75) is 12.6 Å². The Morgan fingerprint density at radius 3 is 2.81 bits per heavy atom. The van der Waals surface area contributed by atoms with Crippen molar-refractivity contribution in [3.05, 3.63) is 30.0 Å². The average molecular weight is 359 g/mol. The quantitative estimate of drug-likeness (QED) is 0.810. The highest BCUT2D eigenvalue weighted by atomic mass is 16.6. The second-order valence-electron chi connectivity index (χ2n) is 6.80. The Balaban J connectivity index is 1.51. The average Bonchev–Trinajstić information content (AvgIpc) is 3.02. The van der Waals surface area contributed by atoms with E-state index < -0.39 is 0 Å². The molecule has 2 aliphatic rings. The molecule has 0 N–H and O–H groups in total. The van der Waals surface area contributed by atoms with Gasteiger partial charge in [0.25, 0.3) is 0 Å². The van der Waals surface area contributed by atoms with E-state index in [1.54, 1.807) is 0 Å². The molecule has 1 aromatic carbocycles. The maximum Gasteiger partial charge on any atom is 0.162 e. The molecule has 2 aliphatic heterocycles. The lowest BCUT2D eigenvalue weighted by molar-refractivity contribution is -0.0962. The van der Waals surface area contributed by atoms with Gasteiger partial charge in [0.15, 0.2) is 11.5 Å². The third kappa shape index (κ3) is 3.85. The molecular formula is C19H25N3O4. The molecule has 0 spiro atoms. The number of hydrogen-bond acceptors (Lipinski definition) is 6. The summed E-state index contributed by atoms with van der Waals surface area (Å²) in [7, 11) is 4.04. The fraction of sp³-hybridized carbons (Fsp3) is 0.526. The maximum absolute atomic E-state index is 5.75. The number of aromatic nitrogens is 2. The number of ether oxygens (including phenoxy) is 4. The summed E-state index contributed by atoms with van der Waals surface area (Å²) in [5.41, 5.74) is 3.18. The minimum atomic E-state index is 0.128. The van der Waals surface area contributed by atoms with Crippen molar-refractivity contribution in [2.75, 3.05) is 46.6 Å². The van der Waals surface area contributed by atoms with Crippen LogP contribution in [0.2, 0.25) is 0 Å². The first-order chi connectivity index (χ1) is 12.7. The van der Waals surface area contributed by atoms with Gasteiger partial charge in [-0.1, -0.05) is 0 Å². The minimum absolute atomic E-state index is 0.128. The molecule has 3 heterocycles. The second kappa shape index (κ2) is 7.65. The Kier molecular flexibility index (Phi) is 5.10. The fourth-order valence-corrected chi connectivity index (χ4v) is 3.43. The summed E-state index contributed by atoms with van der Waals surface area (Å²) in [6.45, 7) is 4.82. The topological polar surface area (TPSA) is 58.0 Å². The van der Waals surface area contributed by atoms with Crippen molar-refractivity contribution in [2.24, 2.45) is 7.05 Å². The number of rotatable bonds is 5. The van der Waals surface area contributed by atoms with E-state index in [2.05, 4.69) is 23.2 Å². The zero-order chi connectivity index (χ0) is 17.9. The van der Waals surface area contributed by atoms with Gasteiger partial charge in [-0.05, 0) is 25.2 Å². The third-order valence-corrected chi connectivity index (χ3v) is 4.56. The van der Waals surface area contributed by atoms with Gasteiger partial charge in [-0.3, -0.25) is 9.58 Å². The normalized spacial score (nSPS) is 19.7. The molecule has 0 saturated carbocycles. The Morgan fingerprint density at radius 2 is 2.00 bits per heavy atom. The summed E-state index contributed by atoms with van der Waals surface area (Å²) in [6, 6.07) is 6.01. The van der Waals surface area contributed by atoms with Crippen LogP contribution >= 0.6 is 0 Å². The summed E-state index contributed by atoms with van der Waals surface area (Å²) in [5, 5.41) is 4.67. The van der Waals surface area contributed by atoms with Crippen LogP contribution in [-0.2, 0) is 23.1 Å². The van der Waals surface area contributed by atoms with Gasteiger partial charge in [0.2, 0.25) is 0 Å². The number of likely N-dealkylation sites (N-methyl/N-ethyl adjacent to an activating group) is 1. The molecule has 0 amide bonds. The minimum Gasteiger partial charge on any atom is -0.486 e. The van der Waals surface area contributed by atoms with Crippen LogP contribution in [0.5, 0.6) is 11.5 Å². The van der Waals surface area contributed by atoms with E-state index in [1.807, 2.05) is 29.9 Å². The molecule has 26 heavy (non-hydrogen) atoms. The van der Waals surface area contributed by atoms with Crippen LogP contribution in [0.25, 0.3) is 11.3 Å². The van der Waals surface area contributed by atoms with Gasteiger partial charge in [0.1, 0.15) is 13.2 Å². The molecule has 1 saturated heterocycles. The van der Waals surface area contributed by atoms with E-state index in [0.29, 0.717) is 33.0 Å². The number of hydrogen-bond donors (Lipinski definition) is 0. The summed E-state index contributed by atoms with van der Waals surface area (Å²) in [6.07, 6.45) is 2.20. The Labute approximate surface area is 153 Å². The Hall–Kier alpha value is -2.09. The predicted octanol–water partition coefficient (Wildman–Crippen LogP) is 1.71. The van der Waals surface area contributed by atoms with Crippen LogP contribution in [0.3, 0.4) is 0 Å². The first-order valence-electron chi connectivity index (χ1n) is 8.99. The van der Waals surface area contributed by atoms with Crippen molar-refractivity contribution in [3.8, 4) is 22.8 Å². The molecule has 1 atom stereocenters. The molecule has 0 aliphatic carbocycles. The molecule has 7 nitrogen and oxygen atoms in total. The van der Waals surface area contributed by atoms with Crippen molar-refractivity contribution >= 4 is 0 Å². The summed E-state index contributed by atoms with van der Waals surface area (Å²) in [5.74, 6) is 1.58. The molecule has 0 unspecified atom stereocenters. The van der Waals surface area contributed by atoms with E-state index in [0.717, 1.165) is 35.8 Å². The van der Waals surface area contributed by atoms with Crippen molar-refractivity contribution < 1.29 is 18.9 Å². The van der Waals surface area contributed by atoms with Gasteiger partial charge in [0, 0.05) is 37.5 Å². The molecule has 2 aromatic rings. The number of fused-ring (bicyclic) bond motifs is 1. The Bertz CT molecular complexity index is 755. The molecule has 0 radical (unpaired) electrons. The SMILES string of the molecule is CN(Cc1cn(C)nc1-c1ccc2c(c1)OCCO2)C[C@H]1COCCO1. The van der Waals surface area contributed by atoms with E-state index >= 15 is 0 Å². The first-order valence-corrected chi connectivity index (χ1v) is 8.99. The van der Waals surface area contributed by atoms with Gasteiger partial charge < -0.3 is 18.9 Å². The lowest BCUT2D eigenvalue weighted by Gasteiger charge is -2.27. The second-order valence-corrected chi connectivity index (χ2v) is 6.80. The highest BCUT2D eigenvalue weighted by molar-refractivity contribution is 5.66. The van der Waals surface area contributed by atoms with Crippen LogP contribution in [0.15, 0.2) is 24.4 Å². The lowest BCUT2D eigenvalue weighted by atomic mass is 10.1. The van der Waals surface area contributed by atoms with Crippen LogP contribution < -0.4 is 9.47 Å². The van der Waals surface area contributed by atoms with E-state index in [4.69, 9.17) is 18.9 Å². The summed E-state index contributed by atoms with van der Waals surface area (Å²) in [4.78, 5) is 2.25. The number of benzene rings is 1. The van der Waals surface area contributed by atoms with Crippen LogP contribution in [0, 0.1) is 0 Å². The van der Waals surface area contributed by atoms with Crippen LogP contribution in [0.4, 0.5) is 0 Å². The summed E-state index contributed by atoms with van der Waals surface area (Å²) >= 11 is 0. The number of nitrogens with zero attached hydrogens (tertiary/aromatic N) is 3.